The summed E-state index contributed by atoms with van der Waals surface area (Å²) in [6.45, 7) is 0. The van der Waals surface area contributed by atoms with Gasteiger partial charge in [0, 0.05) is 9.64 Å². The van der Waals surface area contributed by atoms with Crippen LogP contribution in [-0.4, -0.2) is 16.9 Å². The topological polar surface area (TPSA) is 134 Å². The number of benzene rings is 1. The molecule has 0 aliphatic heterocycles. The first kappa shape index (κ1) is 13.2. The Kier molecular flexibility index (Phi) is 4.20. The highest BCUT2D eigenvalue weighted by atomic mass is 127. The maximum absolute atomic E-state index is 10.8. The zero-order valence-corrected chi connectivity index (χ0v) is 10.5. The van der Waals surface area contributed by atoms with E-state index in [0.29, 0.717) is 3.57 Å². The van der Waals surface area contributed by atoms with Gasteiger partial charge in [0.25, 0.3) is 5.69 Å². The van der Waals surface area contributed by atoms with Gasteiger partial charge in [-0.3, -0.25) is 20.8 Å². The molecule has 0 heterocycles. The molecule has 0 aromatic heterocycles. The number of nitro groups is 1. The summed E-state index contributed by atoms with van der Waals surface area (Å²) < 4.78 is 0.549. The molecule has 0 aliphatic carbocycles. The first-order chi connectivity index (χ1) is 7.91. The number of primary amides is 1. The minimum Gasteiger partial charge on any atom is -0.351 e. The van der Waals surface area contributed by atoms with E-state index in [1.54, 1.807) is 6.07 Å². The fourth-order valence-corrected chi connectivity index (χ4v) is 1.69. The maximum Gasteiger partial charge on any atom is 0.318 e. The highest BCUT2D eigenvalue weighted by Crippen LogP contribution is 2.28. The Hall–Kier alpha value is -1.91. The van der Waals surface area contributed by atoms with Crippen molar-refractivity contribution in [2.75, 3.05) is 5.32 Å². The fraction of sp³-hybridized carbons (Fsp3) is 0. The molecule has 0 aliphatic rings. The number of amides is 2. The van der Waals surface area contributed by atoms with E-state index in [1.807, 2.05) is 27.9 Å². The van der Waals surface area contributed by atoms with Crippen molar-refractivity contribution in [3.05, 3.63) is 31.9 Å². The second kappa shape index (κ2) is 5.43. The van der Waals surface area contributed by atoms with Crippen LogP contribution in [0.4, 0.5) is 16.2 Å². The maximum atomic E-state index is 10.8. The van der Waals surface area contributed by atoms with Crippen LogP contribution < -0.4 is 16.4 Å². The zero-order chi connectivity index (χ0) is 13.0. The van der Waals surface area contributed by atoms with Gasteiger partial charge in [-0.2, -0.15) is 0 Å². The Balaban J connectivity index is 3.01. The molecule has 0 atom stereocenters. The molecule has 0 bridgehead atoms. The van der Waals surface area contributed by atoms with Crippen molar-refractivity contribution in [3.63, 3.8) is 0 Å². The van der Waals surface area contributed by atoms with Crippen molar-refractivity contribution >= 4 is 46.0 Å². The number of rotatable bonds is 2. The number of carbonyl (C=O) groups excluding carboxylic acids is 1. The van der Waals surface area contributed by atoms with Crippen molar-refractivity contribution in [2.45, 2.75) is 0 Å². The summed E-state index contributed by atoms with van der Waals surface area (Å²) in [4.78, 5) is 20.7. The van der Waals surface area contributed by atoms with Crippen molar-refractivity contribution in [1.29, 1.82) is 5.41 Å². The number of nitro benzene ring substituents is 1. The van der Waals surface area contributed by atoms with Crippen LogP contribution >= 0.6 is 22.6 Å². The Bertz CT molecular complexity index is 490. The van der Waals surface area contributed by atoms with Gasteiger partial charge >= 0.3 is 6.03 Å². The first-order valence-electron chi connectivity index (χ1n) is 4.26. The first-order valence-corrected chi connectivity index (χ1v) is 5.34. The Morgan fingerprint density at radius 2 is 2.18 bits per heavy atom. The molecular weight excluding hydrogens is 341 g/mol. The number of nitrogens with one attached hydrogen (secondary N) is 3. The van der Waals surface area contributed by atoms with Gasteiger partial charge in [-0.05, 0) is 28.7 Å². The molecule has 0 spiro atoms. The molecule has 9 heteroatoms. The van der Waals surface area contributed by atoms with Crippen LogP contribution in [0.15, 0.2) is 18.2 Å². The number of halogens is 1. The predicted molar refractivity (Wildman–Crippen MR) is 69.9 cm³/mol. The molecule has 8 nitrogen and oxygen atoms in total. The number of urea groups is 1. The average molecular weight is 349 g/mol. The largest absolute Gasteiger partial charge is 0.351 e. The van der Waals surface area contributed by atoms with Crippen LogP contribution in [0, 0.1) is 19.1 Å². The molecule has 0 saturated carbocycles. The van der Waals surface area contributed by atoms with E-state index in [-0.39, 0.29) is 11.4 Å². The van der Waals surface area contributed by atoms with Crippen LogP contribution in [0.25, 0.3) is 0 Å². The number of hydrogen-bond donors (Lipinski definition) is 4. The Morgan fingerprint density at radius 1 is 1.53 bits per heavy atom. The smallest absolute Gasteiger partial charge is 0.318 e. The lowest BCUT2D eigenvalue weighted by molar-refractivity contribution is -0.384. The van der Waals surface area contributed by atoms with E-state index < -0.39 is 16.9 Å². The summed E-state index contributed by atoms with van der Waals surface area (Å²) in [5.41, 5.74) is 4.77. The molecule has 1 aromatic rings. The van der Waals surface area contributed by atoms with Crippen molar-refractivity contribution < 1.29 is 9.72 Å². The molecule has 0 saturated heterocycles. The van der Waals surface area contributed by atoms with E-state index in [2.05, 4.69) is 5.32 Å². The zero-order valence-electron chi connectivity index (χ0n) is 8.36. The van der Waals surface area contributed by atoms with E-state index >= 15 is 0 Å². The summed E-state index contributed by atoms with van der Waals surface area (Å²) in [5.74, 6) is -0.426. The average Bonchev–Trinajstić information content (AvgIpc) is 2.19. The van der Waals surface area contributed by atoms with Crippen LogP contribution in [0.3, 0.4) is 0 Å². The second-order valence-electron chi connectivity index (χ2n) is 2.88. The van der Waals surface area contributed by atoms with Crippen LogP contribution in [0.1, 0.15) is 0 Å². The van der Waals surface area contributed by atoms with E-state index in [1.165, 1.54) is 12.1 Å². The molecular formula is C8H8IN5O3. The lowest BCUT2D eigenvalue weighted by atomic mass is 10.3. The van der Waals surface area contributed by atoms with Gasteiger partial charge in [0.05, 0.1) is 4.92 Å². The number of hydrogen-bond acceptors (Lipinski definition) is 4. The van der Waals surface area contributed by atoms with Gasteiger partial charge in [-0.1, -0.05) is 6.07 Å². The van der Waals surface area contributed by atoms with Gasteiger partial charge < -0.3 is 11.1 Å². The van der Waals surface area contributed by atoms with Crippen molar-refractivity contribution in [2.24, 2.45) is 5.73 Å². The molecule has 0 radical (unpaired) electrons. The molecule has 2 amide bonds. The molecule has 5 N–H and O–H groups in total. The van der Waals surface area contributed by atoms with E-state index in [4.69, 9.17) is 11.1 Å². The van der Waals surface area contributed by atoms with Gasteiger partial charge in [-0.25, -0.2) is 4.79 Å². The molecule has 0 unspecified atom stereocenters. The number of nitrogens with zero attached hydrogens (tertiary/aromatic N) is 1. The third kappa shape index (κ3) is 3.55. The summed E-state index contributed by atoms with van der Waals surface area (Å²) in [5, 5.41) is 22.5. The number of carbonyl (C=O) groups is 1. The lowest BCUT2D eigenvalue weighted by Crippen LogP contribution is -2.38. The third-order valence-electron chi connectivity index (χ3n) is 1.69. The summed E-state index contributed by atoms with van der Waals surface area (Å²) in [6.07, 6.45) is 0. The van der Waals surface area contributed by atoms with E-state index in [9.17, 15) is 14.9 Å². The van der Waals surface area contributed by atoms with Crippen LogP contribution in [0.5, 0.6) is 0 Å². The number of guanidine groups is 1. The van der Waals surface area contributed by atoms with Crippen LogP contribution in [0.2, 0.25) is 0 Å². The molecule has 0 fully saturated rings. The molecule has 90 valence electrons. The molecule has 1 rings (SSSR count). The summed E-state index contributed by atoms with van der Waals surface area (Å²) >= 11 is 1.88. The second-order valence-corrected chi connectivity index (χ2v) is 4.04. The van der Waals surface area contributed by atoms with E-state index in [0.717, 1.165) is 0 Å². The monoisotopic (exact) mass is 349 g/mol. The minimum atomic E-state index is -0.920. The van der Waals surface area contributed by atoms with Crippen molar-refractivity contribution in [3.8, 4) is 0 Å². The molecule has 1 aromatic carbocycles. The highest BCUT2D eigenvalue weighted by Gasteiger charge is 2.17. The van der Waals surface area contributed by atoms with Gasteiger partial charge in [0.15, 0.2) is 0 Å². The quantitative estimate of drug-likeness (QED) is 0.210. The van der Waals surface area contributed by atoms with Gasteiger partial charge in [-0.15, -0.1) is 0 Å². The summed E-state index contributed by atoms with van der Waals surface area (Å²) in [7, 11) is 0. The van der Waals surface area contributed by atoms with Gasteiger partial charge in [0.2, 0.25) is 5.96 Å². The third-order valence-corrected chi connectivity index (χ3v) is 2.59. The Labute approximate surface area is 109 Å². The number of para-hydroxylation sites is 1. The van der Waals surface area contributed by atoms with Gasteiger partial charge in [0.1, 0.15) is 5.69 Å². The standard InChI is InChI=1S/C8H8IN5O3/c9-4-2-1-3-5(14(16)17)6(4)12-7(10)13-8(11)15/h1-3H,(H5,10,11,12,13,15). The Morgan fingerprint density at radius 3 is 2.71 bits per heavy atom. The SMILES string of the molecule is N=C(NC(N)=O)Nc1c(I)cccc1[N+](=O)[O-]. The molecule has 17 heavy (non-hydrogen) atoms. The minimum absolute atomic E-state index is 0.136. The normalized spacial score (nSPS) is 9.47. The highest BCUT2D eigenvalue weighted by molar-refractivity contribution is 14.1. The predicted octanol–water partition coefficient (Wildman–Crippen LogP) is 1.21. The van der Waals surface area contributed by atoms with Crippen molar-refractivity contribution in [1.82, 2.24) is 5.32 Å². The van der Waals surface area contributed by atoms with Crippen LogP contribution in [-0.2, 0) is 0 Å². The summed E-state index contributed by atoms with van der Waals surface area (Å²) in [6, 6.07) is 3.53. The number of nitrogens with two attached hydrogens (primary N) is 1. The lowest BCUT2D eigenvalue weighted by Gasteiger charge is -2.09. The number of anilines is 1. The fourth-order valence-electron chi connectivity index (χ4n) is 1.07.